The number of thiophene rings is 1. The molecule has 0 N–H and O–H groups in total. The standard InChI is InChI=1S/C19H22ClNO6S3/c1-26-15-7-12-5-6-21(9-13(12)8-16(15)27-2)14-10-29(22,23)11-17(14)30(24,25)19-4-3-18(20)28-19/h3-4,7-8,14,17H,5-6,9-11H2,1-2H3/t14-,17-/m0/s1. The summed E-state index contributed by atoms with van der Waals surface area (Å²) in [5.74, 6) is 0.696. The molecule has 2 aromatic rings. The summed E-state index contributed by atoms with van der Waals surface area (Å²) in [5, 5.41) is -1.01. The Balaban J connectivity index is 1.67. The monoisotopic (exact) mass is 491 g/mol. The molecule has 1 saturated heterocycles. The van der Waals surface area contributed by atoms with E-state index in [0.717, 1.165) is 22.5 Å². The highest BCUT2D eigenvalue weighted by atomic mass is 35.5. The number of hydrogen-bond acceptors (Lipinski definition) is 8. The van der Waals surface area contributed by atoms with Crippen LogP contribution in [0.3, 0.4) is 0 Å². The first-order valence-corrected chi connectivity index (χ1v) is 13.9. The number of halogens is 1. The lowest BCUT2D eigenvalue weighted by molar-refractivity contribution is 0.195. The largest absolute Gasteiger partial charge is 0.493 e. The van der Waals surface area contributed by atoms with Crippen LogP contribution >= 0.6 is 22.9 Å². The number of methoxy groups -OCH3 is 2. The van der Waals surface area contributed by atoms with Crippen molar-refractivity contribution in [3.63, 3.8) is 0 Å². The van der Waals surface area contributed by atoms with E-state index in [4.69, 9.17) is 21.1 Å². The van der Waals surface area contributed by atoms with Gasteiger partial charge in [0.05, 0.1) is 35.3 Å². The number of nitrogens with zero attached hydrogens (tertiary/aromatic N) is 1. The highest BCUT2D eigenvalue weighted by Gasteiger charge is 2.49. The number of fused-ring (bicyclic) bond motifs is 1. The Hall–Kier alpha value is -1.33. The van der Waals surface area contributed by atoms with E-state index in [9.17, 15) is 16.8 Å². The molecule has 1 aromatic heterocycles. The normalized spacial score (nSPS) is 23.8. The highest BCUT2D eigenvalue weighted by Crippen LogP contribution is 2.37. The smallest absolute Gasteiger partial charge is 0.193 e. The second-order valence-corrected chi connectivity index (χ2v) is 13.7. The predicted molar refractivity (Wildman–Crippen MR) is 116 cm³/mol. The van der Waals surface area contributed by atoms with E-state index in [1.807, 2.05) is 17.0 Å². The summed E-state index contributed by atoms with van der Waals surface area (Å²) in [6.45, 7) is 1.02. The Bertz CT molecular complexity index is 1170. The van der Waals surface area contributed by atoms with E-state index >= 15 is 0 Å². The molecule has 11 heteroatoms. The van der Waals surface area contributed by atoms with Gasteiger partial charge in [0, 0.05) is 19.1 Å². The molecule has 0 unspecified atom stereocenters. The topological polar surface area (TPSA) is 90.0 Å². The summed E-state index contributed by atoms with van der Waals surface area (Å²) in [6.07, 6.45) is 0.670. The van der Waals surface area contributed by atoms with Crippen molar-refractivity contribution >= 4 is 42.6 Å². The summed E-state index contributed by atoms with van der Waals surface area (Å²) in [7, 11) is -4.16. The third-order valence-corrected chi connectivity index (χ3v) is 11.6. The third-order valence-electron chi connectivity index (χ3n) is 5.72. The van der Waals surface area contributed by atoms with Crippen molar-refractivity contribution in [1.82, 2.24) is 4.90 Å². The van der Waals surface area contributed by atoms with Gasteiger partial charge >= 0.3 is 0 Å². The van der Waals surface area contributed by atoms with Gasteiger partial charge in [0.1, 0.15) is 4.21 Å². The van der Waals surface area contributed by atoms with Gasteiger partial charge < -0.3 is 9.47 Å². The van der Waals surface area contributed by atoms with Crippen molar-refractivity contribution in [3.8, 4) is 11.5 Å². The Morgan fingerprint density at radius 3 is 2.37 bits per heavy atom. The van der Waals surface area contributed by atoms with Crippen LogP contribution in [0.25, 0.3) is 0 Å². The molecule has 164 valence electrons. The SMILES string of the molecule is COc1cc2c(cc1OC)CN([C@H]1CS(=O)(=O)C[C@@H]1S(=O)(=O)c1ccc(Cl)s1)CC2. The molecule has 0 amide bonds. The fraction of sp³-hybridized carbons (Fsp3) is 0.474. The average Bonchev–Trinajstić information content (AvgIpc) is 3.29. The maximum Gasteiger partial charge on any atom is 0.193 e. The van der Waals surface area contributed by atoms with E-state index in [1.54, 1.807) is 14.2 Å². The van der Waals surface area contributed by atoms with Crippen molar-refractivity contribution in [1.29, 1.82) is 0 Å². The van der Waals surface area contributed by atoms with E-state index in [1.165, 1.54) is 12.1 Å². The minimum absolute atomic E-state index is 0.114. The lowest BCUT2D eigenvalue weighted by Crippen LogP contribution is -2.48. The van der Waals surface area contributed by atoms with Gasteiger partial charge in [-0.1, -0.05) is 11.6 Å². The first-order valence-electron chi connectivity index (χ1n) is 9.32. The fourth-order valence-corrected chi connectivity index (χ4v) is 10.8. The van der Waals surface area contributed by atoms with Crippen LogP contribution in [-0.4, -0.2) is 65.3 Å². The highest BCUT2D eigenvalue weighted by molar-refractivity contribution is 7.97. The molecule has 0 radical (unpaired) electrons. The van der Waals surface area contributed by atoms with Crippen LogP contribution in [0.4, 0.5) is 0 Å². The van der Waals surface area contributed by atoms with Gasteiger partial charge in [-0.15, -0.1) is 11.3 Å². The minimum atomic E-state index is -3.82. The van der Waals surface area contributed by atoms with Crippen LogP contribution in [0.15, 0.2) is 28.5 Å². The van der Waals surface area contributed by atoms with Crippen molar-refractivity contribution in [2.24, 2.45) is 0 Å². The molecule has 2 aliphatic rings. The van der Waals surface area contributed by atoms with E-state index in [2.05, 4.69) is 0 Å². The number of sulfone groups is 2. The van der Waals surface area contributed by atoms with Crippen molar-refractivity contribution in [2.45, 2.75) is 28.5 Å². The van der Waals surface area contributed by atoms with Gasteiger partial charge in [-0.3, -0.25) is 4.90 Å². The second kappa shape index (κ2) is 7.98. The first kappa shape index (κ1) is 21.9. The molecule has 0 aliphatic carbocycles. The summed E-state index contributed by atoms with van der Waals surface area (Å²) in [6, 6.07) is 6.18. The van der Waals surface area contributed by atoms with Gasteiger partial charge in [0.2, 0.25) is 0 Å². The average molecular weight is 492 g/mol. The zero-order valence-electron chi connectivity index (χ0n) is 16.5. The molecule has 0 bridgehead atoms. The lowest BCUT2D eigenvalue weighted by atomic mass is 9.97. The van der Waals surface area contributed by atoms with Crippen LogP contribution < -0.4 is 9.47 Å². The maximum atomic E-state index is 13.2. The number of benzene rings is 1. The molecule has 2 atom stereocenters. The molecule has 2 aliphatic heterocycles. The van der Waals surface area contributed by atoms with Crippen LogP contribution in [0.5, 0.6) is 11.5 Å². The van der Waals surface area contributed by atoms with Crippen molar-refractivity contribution < 1.29 is 26.3 Å². The molecule has 1 aromatic carbocycles. The summed E-state index contributed by atoms with van der Waals surface area (Å²) in [5.41, 5.74) is 2.08. The lowest BCUT2D eigenvalue weighted by Gasteiger charge is -2.35. The first-order chi connectivity index (χ1) is 14.1. The molecule has 30 heavy (non-hydrogen) atoms. The zero-order valence-corrected chi connectivity index (χ0v) is 19.7. The Morgan fingerprint density at radius 1 is 1.10 bits per heavy atom. The summed E-state index contributed by atoms with van der Waals surface area (Å²) in [4.78, 5) is 1.97. The third kappa shape index (κ3) is 3.95. The molecule has 7 nitrogen and oxygen atoms in total. The number of ether oxygens (including phenoxy) is 2. The van der Waals surface area contributed by atoms with Gasteiger partial charge in [-0.05, 0) is 41.8 Å². The summed E-state index contributed by atoms with van der Waals surface area (Å²) < 4.78 is 62.6. The van der Waals surface area contributed by atoms with Crippen LogP contribution in [0.2, 0.25) is 4.34 Å². The maximum absolute atomic E-state index is 13.2. The van der Waals surface area contributed by atoms with E-state index in [0.29, 0.717) is 35.3 Å². The molecular weight excluding hydrogens is 470 g/mol. The molecule has 0 saturated carbocycles. The van der Waals surface area contributed by atoms with E-state index < -0.39 is 31.0 Å². The van der Waals surface area contributed by atoms with Gasteiger partial charge in [-0.2, -0.15) is 0 Å². The molecule has 0 spiro atoms. The Morgan fingerprint density at radius 2 is 1.77 bits per heavy atom. The van der Waals surface area contributed by atoms with Crippen LogP contribution in [0.1, 0.15) is 11.1 Å². The number of hydrogen-bond donors (Lipinski definition) is 0. The minimum Gasteiger partial charge on any atom is -0.493 e. The van der Waals surface area contributed by atoms with Gasteiger partial charge in [0.25, 0.3) is 0 Å². The van der Waals surface area contributed by atoms with Crippen molar-refractivity contribution in [2.75, 3.05) is 32.3 Å². The van der Waals surface area contributed by atoms with Gasteiger partial charge in [-0.25, -0.2) is 16.8 Å². The Labute approximate surface area is 185 Å². The van der Waals surface area contributed by atoms with Crippen molar-refractivity contribution in [3.05, 3.63) is 39.7 Å². The van der Waals surface area contributed by atoms with Crippen LogP contribution in [0, 0.1) is 0 Å². The molecular formula is C19H22ClNO6S3. The summed E-state index contributed by atoms with van der Waals surface area (Å²) >= 11 is 6.89. The van der Waals surface area contributed by atoms with Gasteiger partial charge in [0.15, 0.2) is 31.2 Å². The molecule has 3 heterocycles. The fourth-order valence-electron chi connectivity index (χ4n) is 4.22. The second-order valence-electron chi connectivity index (χ2n) is 7.48. The Kier molecular flexibility index (Phi) is 5.82. The van der Waals surface area contributed by atoms with E-state index in [-0.39, 0.29) is 15.7 Å². The predicted octanol–water partition coefficient (Wildman–Crippen LogP) is 2.42. The zero-order chi connectivity index (χ0) is 21.7. The quantitative estimate of drug-likeness (QED) is 0.634. The van der Waals surface area contributed by atoms with Crippen LogP contribution in [-0.2, 0) is 32.6 Å². The molecule has 1 fully saturated rings. The molecule has 4 rings (SSSR count). The number of rotatable bonds is 5.